The summed E-state index contributed by atoms with van der Waals surface area (Å²) in [6.45, 7) is 7.83. The first kappa shape index (κ1) is 17.1. The van der Waals surface area contributed by atoms with Crippen molar-refractivity contribution in [1.82, 2.24) is 20.0 Å². The summed E-state index contributed by atoms with van der Waals surface area (Å²) in [5.74, 6) is 0. The Hall–Kier alpha value is -2.35. The van der Waals surface area contributed by atoms with Gasteiger partial charge in [0.2, 0.25) is 0 Å². The van der Waals surface area contributed by atoms with Gasteiger partial charge in [-0.15, -0.1) is 0 Å². The van der Waals surface area contributed by atoms with Gasteiger partial charge in [0.15, 0.2) is 0 Å². The summed E-state index contributed by atoms with van der Waals surface area (Å²) in [6.07, 6.45) is -2.87. The Kier molecular flexibility index (Phi) is 3.66. The summed E-state index contributed by atoms with van der Waals surface area (Å²) in [7, 11) is 0. The zero-order chi connectivity index (χ0) is 18.7. The van der Waals surface area contributed by atoms with Crippen LogP contribution in [0, 0.1) is 19.3 Å². The molecule has 1 N–H and O–H groups in total. The van der Waals surface area contributed by atoms with E-state index < -0.39 is 11.7 Å². The molecule has 5 nitrogen and oxygen atoms in total. The molecule has 0 unspecified atom stereocenters. The Morgan fingerprint density at radius 1 is 1.27 bits per heavy atom. The number of rotatable bonds is 3. The maximum atomic E-state index is 13.3. The lowest BCUT2D eigenvalue weighted by atomic mass is 9.88. The largest absolute Gasteiger partial charge is 0.416 e. The topological polar surface area (TPSA) is 55.7 Å². The number of nitrogens with one attached hydrogen (secondary N) is 1. The standard InChI is InChI=1S/C18H19F3N4O/c1-10-16(11(2)25(24-10)7-17(3)8-26-9-17)13-4-12(18(19,20)21)5-15-14(13)6-22-23-15/h4-6H,7-9H2,1-3H3,(H,22,23). The Morgan fingerprint density at radius 2 is 2.00 bits per heavy atom. The second-order valence-corrected chi connectivity index (χ2v) is 7.36. The zero-order valence-electron chi connectivity index (χ0n) is 14.7. The first-order chi connectivity index (χ1) is 12.2. The highest BCUT2D eigenvalue weighted by Crippen LogP contribution is 2.39. The van der Waals surface area contributed by atoms with Crippen molar-refractivity contribution in [2.45, 2.75) is 33.5 Å². The van der Waals surface area contributed by atoms with Crippen molar-refractivity contribution >= 4 is 10.9 Å². The minimum absolute atomic E-state index is 0.0132. The van der Waals surface area contributed by atoms with Crippen LogP contribution in [0.2, 0.25) is 0 Å². The number of fused-ring (bicyclic) bond motifs is 1. The summed E-state index contributed by atoms with van der Waals surface area (Å²) in [6, 6.07) is 2.28. The normalized spacial score (nSPS) is 16.8. The van der Waals surface area contributed by atoms with Gasteiger partial charge in [0, 0.05) is 22.1 Å². The second kappa shape index (κ2) is 5.57. The van der Waals surface area contributed by atoms with Gasteiger partial charge < -0.3 is 4.74 Å². The highest BCUT2D eigenvalue weighted by atomic mass is 19.4. The summed E-state index contributed by atoms with van der Waals surface area (Å²) in [5, 5.41) is 11.8. The number of ether oxygens (including phenoxy) is 1. The lowest BCUT2D eigenvalue weighted by Crippen LogP contribution is -2.43. The van der Waals surface area contributed by atoms with Crippen molar-refractivity contribution < 1.29 is 17.9 Å². The van der Waals surface area contributed by atoms with E-state index in [0.29, 0.717) is 41.9 Å². The fourth-order valence-corrected chi connectivity index (χ4v) is 3.57. The van der Waals surface area contributed by atoms with Crippen LogP contribution in [-0.2, 0) is 17.5 Å². The average molecular weight is 364 g/mol. The van der Waals surface area contributed by atoms with Crippen molar-refractivity contribution in [3.8, 4) is 11.1 Å². The maximum Gasteiger partial charge on any atom is 0.416 e. The van der Waals surface area contributed by atoms with Crippen LogP contribution in [0.5, 0.6) is 0 Å². The maximum absolute atomic E-state index is 13.3. The van der Waals surface area contributed by atoms with Crippen molar-refractivity contribution in [3.63, 3.8) is 0 Å². The summed E-state index contributed by atoms with van der Waals surface area (Å²) >= 11 is 0. The number of hydrogen-bond donors (Lipinski definition) is 1. The molecular formula is C18H19F3N4O. The van der Waals surface area contributed by atoms with E-state index in [-0.39, 0.29) is 5.41 Å². The van der Waals surface area contributed by atoms with Crippen LogP contribution < -0.4 is 0 Å². The van der Waals surface area contributed by atoms with Crippen LogP contribution in [-0.4, -0.2) is 33.2 Å². The molecule has 3 aromatic rings. The van der Waals surface area contributed by atoms with E-state index in [1.54, 1.807) is 6.20 Å². The molecule has 3 heterocycles. The molecule has 1 aliphatic rings. The molecule has 4 rings (SSSR count). The van der Waals surface area contributed by atoms with E-state index >= 15 is 0 Å². The van der Waals surface area contributed by atoms with Crippen LogP contribution in [0.1, 0.15) is 23.9 Å². The smallest absolute Gasteiger partial charge is 0.380 e. The van der Waals surface area contributed by atoms with E-state index in [1.165, 1.54) is 6.07 Å². The quantitative estimate of drug-likeness (QED) is 0.761. The van der Waals surface area contributed by atoms with Gasteiger partial charge in [0.25, 0.3) is 0 Å². The lowest BCUT2D eigenvalue weighted by Gasteiger charge is -2.38. The number of nitrogens with zero attached hydrogens (tertiary/aromatic N) is 3. The molecule has 0 atom stereocenters. The second-order valence-electron chi connectivity index (χ2n) is 7.36. The van der Waals surface area contributed by atoms with Crippen LogP contribution in [0.4, 0.5) is 13.2 Å². The number of aryl methyl sites for hydroxylation is 1. The summed E-state index contributed by atoms with van der Waals surface area (Å²) in [4.78, 5) is 0. The molecule has 0 bridgehead atoms. The number of halogens is 3. The highest BCUT2D eigenvalue weighted by Gasteiger charge is 2.36. The number of aromatic nitrogens is 4. The molecule has 8 heteroatoms. The molecule has 0 aliphatic carbocycles. The molecule has 0 spiro atoms. The van der Waals surface area contributed by atoms with Crippen molar-refractivity contribution in [2.24, 2.45) is 5.41 Å². The van der Waals surface area contributed by atoms with Crippen LogP contribution >= 0.6 is 0 Å². The molecule has 1 aliphatic heterocycles. The van der Waals surface area contributed by atoms with Gasteiger partial charge in [-0.05, 0) is 31.5 Å². The number of hydrogen-bond acceptors (Lipinski definition) is 3. The highest BCUT2D eigenvalue weighted by molar-refractivity contribution is 5.96. The van der Waals surface area contributed by atoms with E-state index in [2.05, 4.69) is 22.2 Å². The van der Waals surface area contributed by atoms with E-state index in [0.717, 1.165) is 17.3 Å². The number of H-pyrrole nitrogens is 1. The molecular weight excluding hydrogens is 345 g/mol. The molecule has 0 amide bonds. The lowest BCUT2D eigenvalue weighted by molar-refractivity contribution is -0.137. The number of benzene rings is 1. The van der Waals surface area contributed by atoms with Gasteiger partial charge in [0.1, 0.15) is 0 Å². The SMILES string of the molecule is Cc1nn(CC2(C)COC2)c(C)c1-c1cc(C(F)(F)F)cc2[nH]ncc12. The van der Waals surface area contributed by atoms with E-state index in [9.17, 15) is 13.2 Å². The predicted octanol–water partition coefficient (Wildman–Crippen LogP) is 4.10. The van der Waals surface area contributed by atoms with E-state index in [4.69, 9.17) is 4.74 Å². The van der Waals surface area contributed by atoms with Gasteiger partial charge in [0.05, 0.1) is 42.7 Å². The Balaban J connectivity index is 1.87. The van der Waals surface area contributed by atoms with Gasteiger partial charge >= 0.3 is 6.18 Å². The minimum atomic E-state index is -4.43. The third-order valence-electron chi connectivity index (χ3n) is 4.97. The summed E-state index contributed by atoms with van der Waals surface area (Å²) < 4.78 is 47.2. The molecule has 2 aromatic heterocycles. The van der Waals surface area contributed by atoms with Gasteiger partial charge in [-0.3, -0.25) is 9.78 Å². The van der Waals surface area contributed by atoms with Crippen molar-refractivity contribution in [2.75, 3.05) is 13.2 Å². The van der Waals surface area contributed by atoms with Crippen molar-refractivity contribution in [1.29, 1.82) is 0 Å². The fourth-order valence-electron chi connectivity index (χ4n) is 3.57. The third kappa shape index (κ3) is 2.68. The van der Waals surface area contributed by atoms with E-state index in [1.807, 2.05) is 18.5 Å². The summed E-state index contributed by atoms with van der Waals surface area (Å²) in [5.41, 5.74) is 2.45. The number of aromatic amines is 1. The van der Waals surface area contributed by atoms with Crippen LogP contribution in [0.15, 0.2) is 18.3 Å². The van der Waals surface area contributed by atoms with Gasteiger partial charge in [-0.25, -0.2) is 0 Å². The average Bonchev–Trinajstić information content (AvgIpc) is 3.09. The first-order valence-corrected chi connectivity index (χ1v) is 8.34. The van der Waals surface area contributed by atoms with Crippen LogP contribution in [0.3, 0.4) is 0 Å². The Labute approximate surface area is 148 Å². The van der Waals surface area contributed by atoms with Crippen molar-refractivity contribution in [3.05, 3.63) is 35.3 Å². The molecule has 0 radical (unpaired) electrons. The zero-order valence-corrected chi connectivity index (χ0v) is 14.7. The van der Waals surface area contributed by atoms with Gasteiger partial charge in [-0.2, -0.15) is 23.4 Å². The Morgan fingerprint density at radius 3 is 2.62 bits per heavy atom. The molecule has 138 valence electrons. The van der Waals surface area contributed by atoms with Gasteiger partial charge in [-0.1, -0.05) is 6.92 Å². The predicted molar refractivity (Wildman–Crippen MR) is 90.7 cm³/mol. The molecule has 1 aromatic carbocycles. The fraction of sp³-hybridized carbons (Fsp3) is 0.444. The minimum Gasteiger partial charge on any atom is -0.380 e. The molecule has 1 saturated heterocycles. The third-order valence-corrected chi connectivity index (χ3v) is 4.97. The molecule has 26 heavy (non-hydrogen) atoms. The van der Waals surface area contributed by atoms with Crippen LogP contribution in [0.25, 0.3) is 22.0 Å². The monoisotopic (exact) mass is 364 g/mol. The molecule has 0 saturated carbocycles. The Bertz CT molecular complexity index is 982. The first-order valence-electron chi connectivity index (χ1n) is 8.34. The number of alkyl halides is 3. The molecule has 1 fully saturated rings.